The fourth-order valence-electron chi connectivity index (χ4n) is 8.79. The topological polar surface area (TPSA) is 0 Å². The van der Waals surface area contributed by atoms with Gasteiger partial charge < -0.3 is 0 Å². The van der Waals surface area contributed by atoms with Crippen LogP contribution in [0.2, 0.25) is 0 Å². The van der Waals surface area contributed by atoms with Crippen molar-refractivity contribution in [2.75, 3.05) is 0 Å². The molecule has 186 valence electrons. The first-order valence-electron chi connectivity index (χ1n) is 14.6. The van der Waals surface area contributed by atoms with E-state index in [-0.39, 0.29) is 11.8 Å². The molecule has 0 nitrogen and oxygen atoms in total. The summed E-state index contributed by atoms with van der Waals surface area (Å²) in [7, 11) is 0. The van der Waals surface area contributed by atoms with Crippen LogP contribution < -0.4 is 0 Å². The zero-order valence-electron chi connectivity index (χ0n) is 21.5. The Morgan fingerprint density at radius 1 is 0.750 bits per heavy atom. The largest absolute Gasteiger partial charge is 0.247 e. The number of hydrogen-bond acceptors (Lipinski definition) is 0. The average molecular weight is 451 g/mol. The molecule has 3 unspecified atom stereocenters. The van der Waals surface area contributed by atoms with Gasteiger partial charge in [-0.1, -0.05) is 59.3 Å². The highest BCUT2D eigenvalue weighted by Gasteiger charge is 2.51. The van der Waals surface area contributed by atoms with Gasteiger partial charge in [-0.05, 0) is 112 Å². The molecule has 5 aliphatic carbocycles. The number of hydrogen-bond donors (Lipinski definition) is 0. The Morgan fingerprint density at radius 3 is 1.88 bits per heavy atom. The number of halogens is 2. The lowest BCUT2D eigenvalue weighted by Gasteiger charge is -2.57. The molecule has 0 N–H and O–H groups in total. The molecule has 0 aromatic rings. The summed E-state index contributed by atoms with van der Waals surface area (Å²) in [5.41, 5.74) is 1.29. The summed E-state index contributed by atoms with van der Waals surface area (Å²) in [6.07, 6.45) is 20.5. The summed E-state index contributed by atoms with van der Waals surface area (Å²) in [5, 5.41) is 0. The fraction of sp³-hybridized carbons (Fsp3) is 1.00. The Balaban J connectivity index is 1.23. The minimum absolute atomic E-state index is 0.195. The van der Waals surface area contributed by atoms with Crippen LogP contribution in [0.4, 0.5) is 8.78 Å². The molecule has 2 bridgehead atoms. The van der Waals surface area contributed by atoms with E-state index in [0.717, 1.165) is 18.8 Å². The SMILES string of the molecule is CCCCCCCC(C)C1C(F)CC(C2CCC(C34CCC(C)(CC3)CC4)CC2)CC1F. The summed E-state index contributed by atoms with van der Waals surface area (Å²) in [4.78, 5) is 0. The molecular formula is C30H52F2. The standard InChI is InChI=1S/C30H52F2/c1-4-5-6-7-8-9-22(2)28-26(31)20-24(21-27(28)32)23-10-12-25(13-11-23)30-17-14-29(3,15-18-30)16-19-30/h22-28H,4-21H2,1-3H3. The van der Waals surface area contributed by atoms with Gasteiger partial charge in [0.1, 0.15) is 12.3 Å². The molecule has 5 fully saturated rings. The van der Waals surface area contributed by atoms with Crippen molar-refractivity contribution in [3.8, 4) is 0 Å². The predicted molar refractivity (Wildman–Crippen MR) is 132 cm³/mol. The minimum Gasteiger partial charge on any atom is -0.247 e. The highest BCUT2D eigenvalue weighted by Crippen LogP contribution is 2.62. The van der Waals surface area contributed by atoms with Crippen molar-refractivity contribution in [3.63, 3.8) is 0 Å². The third-order valence-electron chi connectivity index (χ3n) is 11.3. The van der Waals surface area contributed by atoms with Gasteiger partial charge >= 0.3 is 0 Å². The Morgan fingerprint density at radius 2 is 1.31 bits per heavy atom. The summed E-state index contributed by atoms with van der Waals surface area (Å²) < 4.78 is 30.5. The van der Waals surface area contributed by atoms with Crippen LogP contribution in [-0.2, 0) is 0 Å². The average Bonchev–Trinajstić information content (AvgIpc) is 2.79. The Labute approximate surface area is 198 Å². The van der Waals surface area contributed by atoms with Crippen LogP contribution in [-0.4, -0.2) is 12.3 Å². The van der Waals surface area contributed by atoms with Gasteiger partial charge in [0.25, 0.3) is 0 Å². The number of unbranched alkanes of at least 4 members (excludes halogenated alkanes) is 4. The van der Waals surface area contributed by atoms with Crippen molar-refractivity contribution in [2.45, 2.75) is 149 Å². The van der Waals surface area contributed by atoms with Crippen molar-refractivity contribution in [1.29, 1.82) is 0 Å². The van der Waals surface area contributed by atoms with Gasteiger partial charge in [0, 0.05) is 5.92 Å². The van der Waals surface area contributed by atoms with E-state index in [1.165, 1.54) is 89.9 Å². The lowest BCUT2D eigenvalue weighted by atomic mass is 9.48. The zero-order chi connectivity index (χ0) is 22.8. The van der Waals surface area contributed by atoms with E-state index in [9.17, 15) is 0 Å². The first-order valence-corrected chi connectivity index (χ1v) is 14.6. The van der Waals surface area contributed by atoms with Crippen LogP contribution in [0, 0.1) is 40.4 Å². The second-order valence-corrected chi connectivity index (χ2v) is 13.3. The van der Waals surface area contributed by atoms with Crippen molar-refractivity contribution in [2.24, 2.45) is 40.4 Å². The third-order valence-corrected chi connectivity index (χ3v) is 11.3. The molecule has 32 heavy (non-hydrogen) atoms. The van der Waals surface area contributed by atoms with Gasteiger partial charge in [0.2, 0.25) is 0 Å². The third kappa shape index (κ3) is 5.40. The van der Waals surface area contributed by atoms with Crippen LogP contribution in [0.15, 0.2) is 0 Å². The molecule has 0 spiro atoms. The number of alkyl halides is 2. The van der Waals surface area contributed by atoms with Crippen molar-refractivity contribution in [3.05, 3.63) is 0 Å². The van der Waals surface area contributed by atoms with E-state index >= 15 is 8.78 Å². The second-order valence-electron chi connectivity index (χ2n) is 13.3. The van der Waals surface area contributed by atoms with E-state index in [1.807, 2.05) is 0 Å². The van der Waals surface area contributed by atoms with E-state index in [4.69, 9.17) is 0 Å². The van der Waals surface area contributed by atoms with Crippen molar-refractivity contribution < 1.29 is 8.78 Å². The molecule has 0 heterocycles. The van der Waals surface area contributed by atoms with Gasteiger partial charge in [0.05, 0.1) is 0 Å². The van der Waals surface area contributed by atoms with Crippen LogP contribution >= 0.6 is 0 Å². The van der Waals surface area contributed by atoms with Crippen LogP contribution in [0.1, 0.15) is 136 Å². The van der Waals surface area contributed by atoms with E-state index in [2.05, 4.69) is 20.8 Å². The van der Waals surface area contributed by atoms with Crippen LogP contribution in [0.25, 0.3) is 0 Å². The smallest absolute Gasteiger partial charge is 0.106 e. The molecule has 0 amide bonds. The molecule has 3 atom stereocenters. The lowest BCUT2D eigenvalue weighted by Crippen LogP contribution is -2.46. The van der Waals surface area contributed by atoms with E-state index in [1.54, 1.807) is 0 Å². The van der Waals surface area contributed by atoms with Crippen LogP contribution in [0.5, 0.6) is 0 Å². The predicted octanol–water partition coefficient (Wildman–Crippen LogP) is 9.85. The van der Waals surface area contributed by atoms with Gasteiger partial charge in [-0.2, -0.15) is 0 Å². The van der Waals surface area contributed by atoms with Crippen molar-refractivity contribution >= 4 is 0 Å². The molecule has 0 aliphatic heterocycles. The highest BCUT2D eigenvalue weighted by atomic mass is 19.1. The first kappa shape index (κ1) is 25.0. The van der Waals surface area contributed by atoms with Crippen LogP contribution in [0.3, 0.4) is 0 Å². The summed E-state index contributed by atoms with van der Waals surface area (Å²) in [6, 6.07) is 0. The van der Waals surface area contributed by atoms with Gasteiger partial charge in [-0.3, -0.25) is 0 Å². The first-order chi connectivity index (χ1) is 15.4. The lowest BCUT2D eigenvalue weighted by molar-refractivity contribution is -0.0618. The van der Waals surface area contributed by atoms with E-state index < -0.39 is 12.3 Å². The number of rotatable bonds is 9. The summed E-state index contributed by atoms with van der Waals surface area (Å²) >= 11 is 0. The Bertz CT molecular complexity index is 541. The molecule has 5 saturated carbocycles. The number of fused-ring (bicyclic) bond motifs is 3. The summed E-state index contributed by atoms with van der Waals surface area (Å²) in [5.74, 6) is 1.64. The Kier molecular flexibility index (Phi) is 8.30. The maximum atomic E-state index is 15.3. The normalized spacial score (nSPS) is 45.7. The molecular weight excluding hydrogens is 398 g/mol. The van der Waals surface area contributed by atoms with Gasteiger partial charge in [0.15, 0.2) is 0 Å². The monoisotopic (exact) mass is 450 g/mol. The van der Waals surface area contributed by atoms with Gasteiger partial charge in [-0.25, -0.2) is 8.78 Å². The molecule has 0 aromatic carbocycles. The maximum absolute atomic E-state index is 15.3. The Hall–Kier alpha value is -0.140. The molecule has 0 radical (unpaired) electrons. The molecule has 2 heteroatoms. The van der Waals surface area contributed by atoms with Crippen molar-refractivity contribution in [1.82, 2.24) is 0 Å². The maximum Gasteiger partial charge on any atom is 0.106 e. The quantitative estimate of drug-likeness (QED) is 0.307. The van der Waals surface area contributed by atoms with Gasteiger partial charge in [-0.15, -0.1) is 0 Å². The zero-order valence-corrected chi connectivity index (χ0v) is 21.5. The molecule has 5 rings (SSSR count). The molecule has 0 saturated heterocycles. The highest BCUT2D eigenvalue weighted by molar-refractivity contribution is 5.02. The van der Waals surface area contributed by atoms with E-state index in [0.29, 0.717) is 35.5 Å². The molecule has 5 aliphatic rings. The second kappa shape index (κ2) is 10.6. The summed E-state index contributed by atoms with van der Waals surface area (Å²) in [6.45, 7) is 6.86. The minimum atomic E-state index is -0.917. The molecule has 0 aromatic heterocycles. The fourth-order valence-corrected chi connectivity index (χ4v) is 8.79.